The third kappa shape index (κ3) is 3.11. The number of hydrogen-bond acceptors (Lipinski definition) is 0. The summed E-state index contributed by atoms with van der Waals surface area (Å²) in [5.41, 5.74) is 5.05. The van der Waals surface area contributed by atoms with Gasteiger partial charge in [0, 0.05) is 0 Å². The molecule has 4 rings (SSSR count). The number of hydrogen-bond donors (Lipinski definition) is 0. The molecule has 0 bridgehead atoms. The van der Waals surface area contributed by atoms with Crippen LogP contribution in [0.1, 0.15) is 0 Å². The Morgan fingerprint density at radius 2 is 1.06 bits per heavy atom. The van der Waals surface area contributed by atoms with Crippen LogP contribution in [-0.2, 0) is 0 Å². The average Bonchev–Trinajstić information content (AvgIpc) is 2.99. The molecule has 0 saturated carbocycles. The Morgan fingerprint density at radius 1 is 0.611 bits per heavy atom. The Balaban J connectivity index is 0.000000162. The molecule has 4 aliphatic rings. The van der Waals surface area contributed by atoms with E-state index in [4.69, 9.17) is 0 Å². The summed E-state index contributed by atoms with van der Waals surface area (Å²) >= 11 is 0. The summed E-state index contributed by atoms with van der Waals surface area (Å²) in [7, 11) is 0. The Hall–Kier alpha value is -0.885. The van der Waals surface area contributed by atoms with E-state index in [0.29, 0.717) is 0 Å². The van der Waals surface area contributed by atoms with E-state index in [2.05, 4.69) is 48.6 Å². The van der Waals surface area contributed by atoms with Crippen molar-refractivity contribution in [1.82, 2.24) is 0 Å². The molecule has 0 N–H and O–H groups in total. The van der Waals surface area contributed by atoms with Gasteiger partial charge in [0.2, 0.25) is 0 Å². The number of rotatable bonds is 0. The standard InChI is InChI=1S/2C8H5.2Li/c2*1-3-7-5-2-6-8(7)4-1;;/h2*1-5H;;/q2*-1;2*+1. The third-order valence-corrected chi connectivity index (χ3v) is 2.70. The Labute approximate surface area is 132 Å². The minimum absolute atomic E-state index is 0. The molecular weight excluding hydrogens is 206 g/mol. The zero-order valence-corrected chi connectivity index (χ0v) is 10.8. The van der Waals surface area contributed by atoms with E-state index in [0.717, 1.165) is 0 Å². The quantitative estimate of drug-likeness (QED) is 0.312. The molecule has 4 aliphatic carbocycles. The van der Waals surface area contributed by atoms with Crippen LogP contribution < -0.4 is 37.7 Å². The van der Waals surface area contributed by atoms with Crippen molar-refractivity contribution in [2.24, 2.45) is 0 Å². The molecule has 0 spiro atoms. The first-order chi connectivity index (χ1) is 7.93. The molecule has 0 heterocycles. The van der Waals surface area contributed by atoms with Crippen molar-refractivity contribution >= 4 is 0 Å². The predicted molar refractivity (Wildman–Crippen MR) is 66.2 cm³/mol. The first-order valence-electron chi connectivity index (χ1n) is 5.31. The van der Waals surface area contributed by atoms with Gasteiger partial charge in [0.1, 0.15) is 0 Å². The molecule has 0 radical (unpaired) electrons. The van der Waals surface area contributed by atoms with E-state index >= 15 is 0 Å². The van der Waals surface area contributed by atoms with Gasteiger partial charge in [-0.25, -0.2) is 0 Å². The topological polar surface area (TPSA) is 0 Å². The van der Waals surface area contributed by atoms with Crippen molar-refractivity contribution in [1.29, 1.82) is 0 Å². The van der Waals surface area contributed by atoms with Crippen LogP contribution in [0.3, 0.4) is 0 Å². The molecule has 0 atom stereocenters. The number of allylic oxidation sites excluding steroid dienone is 16. The Morgan fingerprint density at radius 3 is 1.44 bits per heavy atom. The zero-order valence-electron chi connectivity index (χ0n) is 10.8. The van der Waals surface area contributed by atoms with Gasteiger partial charge >= 0.3 is 37.7 Å². The van der Waals surface area contributed by atoms with Gasteiger partial charge in [-0.2, -0.15) is 35.5 Å². The molecule has 0 saturated heterocycles. The minimum atomic E-state index is 0. The maximum Gasteiger partial charge on any atom is 1.00 e. The smallest absolute Gasteiger partial charge is 0.168 e. The molecular formula is C16H10Li2. The second-order valence-electron chi connectivity index (χ2n) is 3.74. The van der Waals surface area contributed by atoms with Crippen molar-refractivity contribution in [3.63, 3.8) is 0 Å². The summed E-state index contributed by atoms with van der Waals surface area (Å²) < 4.78 is 0. The minimum Gasteiger partial charge on any atom is -0.168 e. The van der Waals surface area contributed by atoms with Gasteiger partial charge in [0.25, 0.3) is 0 Å². The molecule has 0 aromatic carbocycles. The van der Waals surface area contributed by atoms with Gasteiger partial charge < -0.3 is 0 Å². The van der Waals surface area contributed by atoms with E-state index < -0.39 is 0 Å². The maximum atomic E-state index is 3.10. The predicted octanol–water partition coefficient (Wildman–Crippen LogP) is -2.43. The molecule has 0 aromatic rings. The van der Waals surface area contributed by atoms with Crippen LogP contribution in [0.5, 0.6) is 0 Å². The summed E-state index contributed by atoms with van der Waals surface area (Å²) in [6.07, 6.45) is 26.6. The van der Waals surface area contributed by atoms with Crippen molar-refractivity contribution in [3.8, 4) is 0 Å². The first kappa shape index (κ1) is 15.2. The maximum absolute atomic E-state index is 3.10. The second-order valence-corrected chi connectivity index (χ2v) is 3.74. The molecule has 0 fully saturated rings. The Bertz CT molecular complexity index is 458. The van der Waals surface area contributed by atoms with Crippen LogP contribution in [0, 0.1) is 12.2 Å². The van der Waals surface area contributed by atoms with Gasteiger partial charge in [0.05, 0.1) is 0 Å². The summed E-state index contributed by atoms with van der Waals surface area (Å²) in [4.78, 5) is 0. The molecule has 0 nitrogen and oxygen atoms in total. The zero-order chi connectivity index (χ0) is 10.8. The molecule has 2 heteroatoms. The van der Waals surface area contributed by atoms with Gasteiger partial charge in [-0.3, -0.25) is 0 Å². The molecule has 0 amide bonds. The van der Waals surface area contributed by atoms with Crippen molar-refractivity contribution in [2.75, 3.05) is 0 Å². The fourth-order valence-corrected chi connectivity index (χ4v) is 1.86. The molecule has 0 aliphatic heterocycles. The van der Waals surface area contributed by atoms with Crippen molar-refractivity contribution in [3.05, 3.63) is 95.2 Å². The first-order valence-corrected chi connectivity index (χ1v) is 5.31. The van der Waals surface area contributed by atoms with Gasteiger partial charge in [-0.15, -0.1) is 59.8 Å². The van der Waals surface area contributed by atoms with Crippen LogP contribution in [0.25, 0.3) is 0 Å². The summed E-state index contributed by atoms with van der Waals surface area (Å²) in [5, 5.41) is 0. The van der Waals surface area contributed by atoms with E-state index in [1.54, 1.807) is 0 Å². The Kier molecular flexibility index (Phi) is 5.81. The SMILES string of the molecule is [C-]1=CC=C2C=CC=C12.[C-]1=CC=C2C=CC=C12.[Li+].[Li+]. The largest absolute Gasteiger partial charge is 1.00 e. The van der Waals surface area contributed by atoms with E-state index in [1.807, 2.05) is 24.3 Å². The van der Waals surface area contributed by atoms with Gasteiger partial charge in [-0.05, 0) is 0 Å². The van der Waals surface area contributed by atoms with Crippen LogP contribution in [0.4, 0.5) is 0 Å². The van der Waals surface area contributed by atoms with Crippen LogP contribution in [-0.4, -0.2) is 0 Å². The number of fused-ring (bicyclic) bond motifs is 2. The molecule has 0 unspecified atom stereocenters. The summed E-state index contributed by atoms with van der Waals surface area (Å²) in [6.45, 7) is 0. The average molecular weight is 216 g/mol. The third-order valence-electron chi connectivity index (χ3n) is 2.70. The fraction of sp³-hybridized carbons (Fsp3) is 0. The van der Waals surface area contributed by atoms with E-state index in [1.165, 1.54) is 22.3 Å². The van der Waals surface area contributed by atoms with Crippen LogP contribution in [0.15, 0.2) is 83.1 Å². The van der Waals surface area contributed by atoms with Gasteiger partial charge in [0.15, 0.2) is 0 Å². The molecule has 18 heavy (non-hydrogen) atoms. The second kappa shape index (κ2) is 6.89. The van der Waals surface area contributed by atoms with Gasteiger partial charge in [-0.1, -0.05) is 0 Å². The van der Waals surface area contributed by atoms with Crippen molar-refractivity contribution in [2.45, 2.75) is 0 Å². The van der Waals surface area contributed by atoms with Crippen LogP contribution in [0.2, 0.25) is 0 Å². The molecule has 76 valence electrons. The van der Waals surface area contributed by atoms with E-state index in [9.17, 15) is 0 Å². The molecule has 0 aromatic heterocycles. The monoisotopic (exact) mass is 216 g/mol. The summed E-state index contributed by atoms with van der Waals surface area (Å²) in [6, 6.07) is 0. The van der Waals surface area contributed by atoms with Crippen LogP contribution >= 0.6 is 0 Å². The fourth-order valence-electron chi connectivity index (χ4n) is 1.86. The normalized spacial score (nSPS) is 18.7. The van der Waals surface area contributed by atoms with E-state index in [-0.39, 0.29) is 37.7 Å². The van der Waals surface area contributed by atoms with Crippen molar-refractivity contribution < 1.29 is 37.7 Å². The summed E-state index contributed by atoms with van der Waals surface area (Å²) in [5.74, 6) is 0.